The normalized spacial score (nSPS) is 59.5. The number of rotatable bonds is 6. The van der Waals surface area contributed by atoms with Crippen molar-refractivity contribution >= 4 is 0 Å². The Balaban J connectivity index is 0.956. The van der Waals surface area contributed by atoms with Crippen molar-refractivity contribution in [1.29, 1.82) is 0 Å². The molecule has 4 saturated heterocycles. The Labute approximate surface area is 312 Å². The molecule has 4 aliphatic heterocycles. The predicted octanol–water partition coefficient (Wildman–Crippen LogP) is 0.413. The molecule has 14 heteroatoms. The van der Waals surface area contributed by atoms with Crippen LogP contribution in [-0.2, 0) is 28.4 Å². The molecule has 8 fully saturated rings. The zero-order chi connectivity index (χ0) is 37.8. The Morgan fingerprint density at radius 2 is 1.34 bits per heavy atom. The van der Waals surface area contributed by atoms with Crippen LogP contribution in [0.2, 0.25) is 0 Å². The van der Waals surface area contributed by atoms with E-state index in [-0.39, 0.29) is 40.8 Å². The van der Waals surface area contributed by atoms with Crippen LogP contribution in [0.5, 0.6) is 0 Å². The highest BCUT2D eigenvalue weighted by Crippen LogP contribution is 2.71. The number of aliphatic hydroxyl groups is 8. The van der Waals surface area contributed by atoms with Gasteiger partial charge in [0.25, 0.3) is 0 Å². The van der Waals surface area contributed by atoms with Gasteiger partial charge in [0.2, 0.25) is 0 Å². The van der Waals surface area contributed by atoms with E-state index < -0.39 is 86.5 Å². The maximum Gasteiger partial charge on any atom is 0.187 e. The molecule has 304 valence electrons. The fraction of sp³-hybridized carbons (Fsp3) is 1.00. The molecule has 53 heavy (non-hydrogen) atoms. The van der Waals surface area contributed by atoms with Gasteiger partial charge in [-0.15, -0.1) is 0 Å². The summed E-state index contributed by atoms with van der Waals surface area (Å²) in [6, 6.07) is 0. The summed E-state index contributed by atoms with van der Waals surface area (Å²) >= 11 is 0. The SMILES string of the molecule is CC1C2[C@@H](O[C@@]13CC[C@@H](C)CO3)C(O)C1C3CC[C@H]4C[C@H](O[C@H]5O[C@@H](CO)[C@H](O)[C@@H](O)[C@@H]5O[C@H]5O[C@@H](CO)[C@H](O)[C@@H](O)[C@@H]5O)CC[C@@]4(C)C3CC[C@]12C. The first-order chi connectivity index (χ1) is 25.2. The second-order valence-corrected chi connectivity index (χ2v) is 18.8. The summed E-state index contributed by atoms with van der Waals surface area (Å²) in [5, 5.41) is 84.8. The lowest BCUT2D eigenvalue weighted by Crippen LogP contribution is -2.65. The van der Waals surface area contributed by atoms with Gasteiger partial charge in [-0.1, -0.05) is 27.7 Å². The Morgan fingerprint density at radius 3 is 2.02 bits per heavy atom. The average molecular weight is 757 g/mol. The third-order valence-corrected chi connectivity index (χ3v) is 16.2. The summed E-state index contributed by atoms with van der Waals surface area (Å²) in [4.78, 5) is 0. The van der Waals surface area contributed by atoms with E-state index in [1.54, 1.807) is 0 Å². The molecule has 0 amide bonds. The number of hydrogen-bond acceptors (Lipinski definition) is 14. The largest absolute Gasteiger partial charge is 0.394 e. The Bertz CT molecular complexity index is 1300. The lowest BCUT2D eigenvalue weighted by atomic mass is 9.44. The van der Waals surface area contributed by atoms with Crippen molar-refractivity contribution < 1.29 is 69.3 Å². The number of ether oxygens (including phenoxy) is 6. The van der Waals surface area contributed by atoms with Crippen LogP contribution in [0.15, 0.2) is 0 Å². The fourth-order valence-electron chi connectivity index (χ4n) is 13.2. The molecule has 0 radical (unpaired) electrons. The van der Waals surface area contributed by atoms with Crippen LogP contribution < -0.4 is 0 Å². The lowest BCUT2D eigenvalue weighted by molar-refractivity contribution is -0.373. The molecule has 8 aliphatic rings. The minimum atomic E-state index is -1.73. The fourth-order valence-corrected chi connectivity index (χ4v) is 13.2. The molecule has 0 bridgehead atoms. The standard InChI is InChI=1S/C39H64O14/c1-17-7-12-39(48-16-17)18(2)25-33(53-39)29(44)26-21-6-5-19-13-20(8-10-37(19,3)22(21)9-11-38(25,26)4)49-36-34(31(46)28(43)24(15-41)51-36)52-35-32(47)30(45)27(42)23(14-40)50-35/h17-36,40-47H,5-16H2,1-4H3/t17-,18?,19+,20-,21?,22?,23+,24+,25?,26?,27+,28+,29?,30-,31-,32+,33-,34+,35-,36+,37-,38+,39+/m1/s1. The molecular formula is C39H64O14. The van der Waals surface area contributed by atoms with Crippen molar-refractivity contribution in [3.8, 4) is 0 Å². The minimum Gasteiger partial charge on any atom is -0.394 e. The van der Waals surface area contributed by atoms with Gasteiger partial charge in [-0.25, -0.2) is 0 Å². The molecular weight excluding hydrogens is 692 g/mol. The van der Waals surface area contributed by atoms with Crippen LogP contribution in [-0.4, -0.2) is 146 Å². The quantitative estimate of drug-likeness (QED) is 0.173. The van der Waals surface area contributed by atoms with Gasteiger partial charge in [-0.05, 0) is 91.8 Å². The number of hydrogen-bond donors (Lipinski definition) is 8. The molecule has 4 heterocycles. The first-order valence-electron chi connectivity index (χ1n) is 20.4. The summed E-state index contributed by atoms with van der Waals surface area (Å²) in [6.07, 6.45) is -7.30. The Kier molecular flexibility index (Phi) is 10.6. The van der Waals surface area contributed by atoms with Crippen molar-refractivity contribution in [3.63, 3.8) is 0 Å². The van der Waals surface area contributed by atoms with Crippen LogP contribution >= 0.6 is 0 Å². The van der Waals surface area contributed by atoms with Gasteiger partial charge in [0.15, 0.2) is 18.4 Å². The Hall–Kier alpha value is -0.560. The number of fused-ring (bicyclic) bond motifs is 7. The summed E-state index contributed by atoms with van der Waals surface area (Å²) in [6.45, 7) is 8.83. The predicted molar refractivity (Wildman–Crippen MR) is 184 cm³/mol. The van der Waals surface area contributed by atoms with Gasteiger partial charge < -0.3 is 69.3 Å². The average Bonchev–Trinajstić information content (AvgIpc) is 3.55. The van der Waals surface area contributed by atoms with E-state index in [1.165, 1.54) is 0 Å². The molecule has 0 aromatic heterocycles. The second kappa shape index (κ2) is 14.4. The van der Waals surface area contributed by atoms with Crippen molar-refractivity contribution in [1.82, 2.24) is 0 Å². The van der Waals surface area contributed by atoms with E-state index in [2.05, 4.69) is 27.7 Å². The highest BCUT2D eigenvalue weighted by atomic mass is 16.8. The maximum absolute atomic E-state index is 12.1. The van der Waals surface area contributed by atoms with Crippen LogP contribution in [0.25, 0.3) is 0 Å². The zero-order valence-corrected chi connectivity index (χ0v) is 31.6. The lowest BCUT2D eigenvalue weighted by Gasteiger charge is -2.61. The molecule has 8 rings (SSSR count). The van der Waals surface area contributed by atoms with Crippen molar-refractivity contribution in [2.24, 2.45) is 52.3 Å². The van der Waals surface area contributed by atoms with Crippen LogP contribution in [0.1, 0.15) is 85.5 Å². The van der Waals surface area contributed by atoms with E-state index in [4.69, 9.17) is 28.4 Å². The molecule has 14 nitrogen and oxygen atoms in total. The van der Waals surface area contributed by atoms with Gasteiger partial charge in [0.1, 0.15) is 48.8 Å². The molecule has 0 aromatic carbocycles. The summed E-state index contributed by atoms with van der Waals surface area (Å²) in [5.41, 5.74) is 0.0217. The topological polar surface area (TPSA) is 217 Å². The summed E-state index contributed by atoms with van der Waals surface area (Å²) < 4.78 is 37.3. The van der Waals surface area contributed by atoms with E-state index in [9.17, 15) is 40.9 Å². The number of aliphatic hydroxyl groups excluding tert-OH is 8. The third-order valence-electron chi connectivity index (χ3n) is 16.2. The molecule has 4 aliphatic carbocycles. The van der Waals surface area contributed by atoms with E-state index in [1.807, 2.05) is 0 Å². The highest BCUT2D eigenvalue weighted by molar-refractivity contribution is 5.18. The smallest absolute Gasteiger partial charge is 0.187 e. The molecule has 8 N–H and O–H groups in total. The van der Waals surface area contributed by atoms with Crippen molar-refractivity contribution in [2.45, 2.75) is 171 Å². The molecule has 23 atom stereocenters. The van der Waals surface area contributed by atoms with E-state index in [0.29, 0.717) is 36.7 Å². The minimum absolute atomic E-state index is 0.0208. The van der Waals surface area contributed by atoms with Crippen molar-refractivity contribution in [2.75, 3.05) is 19.8 Å². The van der Waals surface area contributed by atoms with Crippen molar-refractivity contribution in [3.05, 3.63) is 0 Å². The second-order valence-electron chi connectivity index (χ2n) is 18.8. The molecule has 0 aromatic rings. The van der Waals surface area contributed by atoms with Gasteiger partial charge >= 0.3 is 0 Å². The molecule has 1 spiro atoms. The zero-order valence-electron chi connectivity index (χ0n) is 31.6. The van der Waals surface area contributed by atoms with Crippen LogP contribution in [0.3, 0.4) is 0 Å². The van der Waals surface area contributed by atoms with Gasteiger partial charge in [-0.2, -0.15) is 0 Å². The summed E-state index contributed by atoms with van der Waals surface area (Å²) in [5.74, 6) is 1.79. The van der Waals surface area contributed by atoms with E-state index in [0.717, 1.165) is 51.4 Å². The maximum atomic E-state index is 12.1. The van der Waals surface area contributed by atoms with Gasteiger partial charge in [0, 0.05) is 18.3 Å². The first kappa shape index (κ1) is 39.3. The van der Waals surface area contributed by atoms with Crippen LogP contribution in [0, 0.1) is 52.3 Å². The molecule has 6 unspecified atom stereocenters. The monoisotopic (exact) mass is 756 g/mol. The molecule has 4 saturated carbocycles. The van der Waals surface area contributed by atoms with Gasteiger partial charge in [-0.3, -0.25) is 0 Å². The third kappa shape index (κ3) is 6.11. The van der Waals surface area contributed by atoms with Crippen LogP contribution in [0.4, 0.5) is 0 Å². The first-order valence-corrected chi connectivity index (χ1v) is 20.4. The van der Waals surface area contributed by atoms with Gasteiger partial charge in [0.05, 0.1) is 38.1 Å². The highest BCUT2D eigenvalue weighted by Gasteiger charge is 2.72. The Morgan fingerprint density at radius 1 is 0.660 bits per heavy atom. The van der Waals surface area contributed by atoms with E-state index >= 15 is 0 Å². The summed E-state index contributed by atoms with van der Waals surface area (Å²) in [7, 11) is 0.